The van der Waals surface area contributed by atoms with E-state index in [0.717, 1.165) is 0 Å². The van der Waals surface area contributed by atoms with Crippen LogP contribution in [0.3, 0.4) is 0 Å². The maximum absolute atomic E-state index is 10.7. The second-order valence-corrected chi connectivity index (χ2v) is 5.21. The minimum atomic E-state index is -3.00. The van der Waals surface area contributed by atoms with Crippen molar-refractivity contribution in [3.63, 3.8) is 0 Å². The van der Waals surface area contributed by atoms with Crippen LogP contribution in [0.15, 0.2) is 0 Å². The normalized spacial score (nSPS) is 19.6. The predicted molar refractivity (Wildman–Crippen MR) is 40.5 cm³/mol. The molecule has 0 aliphatic carbocycles. The first-order valence-electron chi connectivity index (χ1n) is 3.12. The van der Waals surface area contributed by atoms with E-state index in [1.54, 1.807) is 6.92 Å². The Morgan fingerprint density at radius 2 is 2.10 bits per heavy atom. The van der Waals surface area contributed by atoms with E-state index in [4.69, 9.17) is 4.89 Å². The van der Waals surface area contributed by atoms with E-state index >= 15 is 0 Å². The highest BCUT2D eigenvalue weighted by molar-refractivity contribution is 7.57. The van der Waals surface area contributed by atoms with Crippen LogP contribution in [-0.2, 0) is 9.36 Å². The molecule has 0 aromatic rings. The largest absolute Gasteiger partial charge is 0.344 e. The van der Waals surface area contributed by atoms with E-state index in [9.17, 15) is 9.36 Å². The molecule has 0 saturated carbocycles. The molecule has 0 aliphatic rings. The monoisotopic (exact) mass is 164 g/mol. The molecule has 2 atom stereocenters. The number of hydrogen-bond donors (Lipinski definition) is 1. The van der Waals surface area contributed by atoms with Crippen molar-refractivity contribution in [2.24, 2.45) is 5.92 Å². The number of rotatable bonds is 3. The first-order chi connectivity index (χ1) is 4.33. The van der Waals surface area contributed by atoms with Gasteiger partial charge in [-0.05, 0) is 6.92 Å². The minimum Gasteiger partial charge on any atom is -0.344 e. The fraction of sp³-hybridized carbons (Fsp3) is 0.833. The lowest BCUT2D eigenvalue weighted by Crippen LogP contribution is -2.10. The standard InChI is InChI=1S/C6H13O3P/c1-5(6(2)7)4-10(3,8)9/h5H,4H2,1-3H3,(H,8,9). The third-order valence-electron chi connectivity index (χ3n) is 1.31. The van der Waals surface area contributed by atoms with Crippen molar-refractivity contribution in [3.8, 4) is 0 Å². The second-order valence-electron chi connectivity index (χ2n) is 2.75. The van der Waals surface area contributed by atoms with Gasteiger partial charge in [0.15, 0.2) is 7.37 Å². The molecule has 4 heteroatoms. The summed E-state index contributed by atoms with van der Waals surface area (Å²) >= 11 is 0. The lowest BCUT2D eigenvalue weighted by molar-refractivity contribution is -0.119. The van der Waals surface area contributed by atoms with Gasteiger partial charge >= 0.3 is 0 Å². The van der Waals surface area contributed by atoms with Gasteiger partial charge in [-0.3, -0.25) is 9.36 Å². The lowest BCUT2D eigenvalue weighted by atomic mass is 10.1. The predicted octanol–water partition coefficient (Wildman–Crippen LogP) is 1.11. The summed E-state index contributed by atoms with van der Waals surface area (Å²) in [5, 5.41) is 0. The highest BCUT2D eigenvalue weighted by atomic mass is 31.2. The number of carbonyl (C=O) groups is 1. The quantitative estimate of drug-likeness (QED) is 0.635. The first-order valence-corrected chi connectivity index (χ1v) is 5.42. The van der Waals surface area contributed by atoms with E-state index in [2.05, 4.69) is 0 Å². The Morgan fingerprint density at radius 3 is 2.20 bits per heavy atom. The molecule has 10 heavy (non-hydrogen) atoms. The molecule has 0 heterocycles. The Kier molecular flexibility index (Phi) is 3.26. The van der Waals surface area contributed by atoms with E-state index < -0.39 is 7.37 Å². The van der Waals surface area contributed by atoms with E-state index in [1.165, 1.54) is 13.6 Å². The molecule has 0 aromatic carbocycles. The van der Waals surface area contributed by atoms with Crippen LogP contribution in [-0.4, -0.2) is 23.5 Å². The first kappa shape index (κ1) is 9.86. The Balaban J connectivity index is 3.93. The molecule has 0 amide bonds. The van der Waals surface area contributed by atoms with Gasteiger partial charge in [0, 0.05) is 18.7 Å². The summed E-state index contributed by atoms with van der Waals surface area (Å²) in [6, 6.07) is 0. The van der Waals surface area contributed by atoms with Gasteiger partial charge in [0.25, 0.3) is 0 Å². The molecule has 60 valence electrons. The van der Waals surface area contributed by atoms with Crippen molar-refractivity contribution in [3.05, 3.63) is 0 Å². The van der Waals surface area contributed by atoms with Crippen molar-refractivity contribution in [1.82, 2.24) is 0 Å². The highest BCUT2D eigenvalue weighted by Crippen LogP contribution is 2.37. The minimum absolute atomic E-state index is 0.0314. The molecule has 0 aliphatic heterocycles. The van der Waals surface area contributed by atoms with E-state index in [0.29, 0.717) is 0 Å². The fourth-order valence-electron chi connectivity index (χ4n) is 0.637. The molecule has 0 fully saturated rings. The molecule has 0 radical (unpaired) electrons. The van der Waals surface area contributed by atoms with Crippen molar-refractivity contribution < 1.29 is 14.3 Å². The summed E-state index contributed by atoms with van der Waals surface area (Å²) < 4.78 is 10.7. The van der Waals surface area contributed by atoms with Gasteiger partial charge in [0.1, 0.15) is 5.78 Å². The Morgan fingerprint density at radius 1 is 1.70 bits per heavy atom. The second kappa shape index (κ2) is 3.31. The van der Waals surface area contributed by atoms with Crippen LogP contribution in [0.4, 0.5) is 0 Å². The van der Waals surface area contributed by atoms with E-state index in [-0.39, 0.29) is 17.9 Å². The van der Waals surface area contributed by atoms with Gasteiger partial charge in [0.05, 0.1) is 0 Å². The summed E-state index contributed by atoms with van der Waals surface area (Å²) in [5.41, 5.74) is 0. The maximum Gasteiger partial charge on any atom is 0.198 e. The van der Waals surface area contributed by atoms with Gasteiger partial charge in [-0.25, -0.2) is 0 Å². The topological polar surface area (TPSA) is 54.4 Å². The zero-order chi connectivity index (χ0) is 8.36. The summed E-state index contributed by atoms with van der Waals surface area (Å²) in [7, 11) is -3.00. The molecule has 1 N–H and O–H groups in total. The van der Waals surface area contributed by atoms with E-state index in [1.807, 2.05) is 0 Å². The van der Waals surface area contributed by atoms with Crippen LogP contribution in [0.25, 0.3) is 0 Å². The van der Waals surface area contributed by atoms with Crippen LogP contribution < -0.4 is 0 Å². The third kappa shape index (κ3) is 4.71. The zero-order valence-corrected chi connectivity index (χ0v) is 7.39. The van der Waals surface area contributed by atoms with Crippen LogP contribution in [0.2, 0.25) is 0 Å². The van der Waals surface area contributed by atoms with Crippen LogP contribution in [0.1, 0.15) is 13.8 Å². The van der Waals surface area contributed by atoms with Gasteiger partial charge < -0.3 is 4.89 Å². The number of ketones is 1. The van der Waals surface area contributed by atoms with Crippen LogP contribution in [0.5, 0.6) is 0 Å². The SMILES string of the molecule is CC(=O)C(C)CP(C)(=O)O. The zero-order valence-electron chi connectivity index (χ0n) is 6.50. The molecular weight excluding hydrogens is 151 g/mol. The van der Waals surface area contributed by atoms with Gasteiger partial charge in [-0.1, -0.05) is 6.92 Å². The van der Waals surface area contributed by atoms with Gasteiger partial charge in [-0.2, -0.15) is 0 Å². The summed E-state index contributed by atoms with van der Waals surface area (Å²) in [4.78, 5) is 19.4. The molecule has 3 nitrogen and oxygen atoms in total. The smallest absolute Gasteiger partial charge is 0.198 e. The number of carbonyl (C=O) groups excluding carboxylic acids is 1. The molecule has 0 spiro atoms. The third-order valence-corrected chi connectivity index (χ3v) is 2.53. The van der Waals surface area contributed by atoms with Crippen molar-refractivity contribution in [1.29, 1.82) is 0 Å². The molecule has 0 bridgehead atoms. The fourth-order valence-corrected chi connectivity index (χ4v) is 1.91. The van der Waals surface area contributed by atoms with Crippen molar-refractivity contribution >= 4 is 13.2 Å². The molecule has 2 unspecified atom stereocenters. The summed E-state index contributed by atoms with van der Waals surface area (Å²) in [6.07, 6.45) is 0.0995. The average molecular weight is 164 g/mol. The lowest BCUT2D eigenvalue weighted by Gasteiger charge is -2.08. The Labute approximate surface area is 60.9 Å². The molecule has 0 saturated heterocycles. The molecule has 0 rings (SSSR count). The molecular formula is C6H13O3P. The van der Waals surface area contributed by atoms with Crippen LogP contribution >= 0.6 is 7.37 Å². The maximum atomic E-state index is 10.7. The summed E-state index contributed by atoms with van der Waals surface area (Å²) in [6.45, 7) is 4.36. The molecule has 0 aromatic heterocycles. The van der Waals surface area contributed by atoms with Gasteiger partial charge in [0.2, 0.25) is 0 Å². The van der Waals surface area contributed by atoms with Crippen molar-refractivity contribution in [2.45, 2.75) is 13.8 Å². The summed E-state index contributed by atoms with van der Waals surface area (Å²) in [5.74, 6) is -0.322. The van der Waals surface area contributed by atoms with Crippen LogP contribution in [0, 0.1) is 5.92 Å². The average Bonchev–Trinajstić information content (AvgIpc) is 1.60. The number of hydrogen-bond acceptors (Lipinski definition) is 2. The number of Topliss-reactive ketones (excluding diaryl/α,β-unsaturated/α-hetero) is 1. The Bertz CT molecular complexity index is 170. The highest BCUT2D eigenvalue weighted by Gasteiger charge is 2.17. The van der Waals surface area contributed by atoms with Gasteiger partial charge in [-0.15, -0.1) is 0 Å². The van der Waals surface area contributed by atoms with Crippen molar-refractivity contribution in [2.75, 3.05) is 12.8 Å². The Hall–Kier alpha value is -0.140.